The number of benzene rings is 1. The average Bonchev–Trinajstić information content (AvgIpc) is 2.32. The first-order chi connectivity index (χ1) is 9.40. The Bertz CT molecular complexity index is 759. The highest BCUT2D eigenvalue weighted by atomic mass is 35.7. The molecule has 0 radical (unpaired) electrons. The molecule has 1 amide bonds. The molecular weight excluding hydrogens is 361 g/mol. The van der Waals surface area contributed by atoms with Gasteiger partial charge in [0.15, 0.2) is 0 Å². The fraction of sp³-hybridized carbons (Fsp3) is 0.364. The van der Waals surface area contributed by atoms with Crippen molar-refractivity contribution in [3.63, 3.8) is 0 Å². The van der Waals surface area contributed by atoms with Gasteiger partial charge in [-0.3, -0.25) is 4.79 Å². The number of rotatable bonds is 5. The second kappa shape index (κ2) is 6.51. The maximum absolute atomic E-state index is 12.1. The van der Waals surface area contributed by atoms with Gasteiger partial charge in [-0.1, -0.05) is 11.6 Å². The van der Waals surface area contributed by atoms with Crippen molar-refractivity contribution in [2.75, 3.05) is 25.6 Å². The Balaban J connectivity index is 3.05. The number of amides is 1. The van der Waals surface area contributed by atoms with Crippen molar-refractivity contribution in [2.24, 2.45) is 0 Å². The largest absolute Gasteiger partial charge is 0.341 e. The molecule has 0 aliphatic carbocycles. The van der Waals surface area contributed by atoms with Gasteiger partial charge in [0.2, 0.25) is 0 Å². The third kappa shape index (κ3) is 5.82. The van der Waals surface area contributed by atoms with Crippen LogP contribution in [0.4, 0.5) is 0 Å². The molecule has 0 unspecified atom stereocenters. The number of carbonyl (C=O) groups excluding carboxylic acids is 1. The molecule has 0 aromatic heterocycles. The van der Waals surface area contributed by atoms with Gasteiger partial charge in [0.1, 0.15) is 9.84 Å². The molecule has 118 valence electrons. The molecule has 1 aromatic rings. The lowest BCUT2D eigenvalue weighted by molar-refractivity contribution is 0.0803. The van der Waals surface area contributed by atoms with E-state index >= 15 is 0 Å². The lowest BCUT2D eigenvalue weighted by Gasteiger charge is -2.17. The summed E-state index contributed by atoms with van der Waals surface area (Å²) in [5.74, 6) is -0.751. The summed E-state index contributed by atoms with van der Waals surface area (Å²) >= 11 is 5.76. The second-order valence-corrected chi connectivity index (χ2v) is 9.73. The summed E-state index contributed by atoms with van der Waals surface area (Å²) in [6, 6.07) is 3.50. The van der Waals surface area contributed by atoms with E-state index in [9.17, 15) is 21.6 Å². The topological polar surface area (TPSA) is 88.6 Å². The van der Waals surface area contributed by atoms with E-state index in [1.807, 2.05) is 0 Å². The van der Waals surface area contributed by atoms with Gasteiger partial charge in [0.05, 0.1) is 10.6 Å². The first-order valence-electron chi connectivity index (χ1n) is 5.58. The molecular formula is C11H13Cl2NO5S2. The predicted molar refractivity (Wildman–Crippen MR) is 81.2 cm³/mol. The van der Waals surface area contributed by atoms with Crippen molar-refractivity contribution in [1.29, 1.82) is 0 Å². The summed E-state index contributed by atoms with van der Waals surface area (Å²) in [5.41, 5.74) is 0.0118. The first-order valence-corrected chi connectivity index (χ1v) is 10.3. The van der Waals surface area contributed by atoms with Crippen LogP contribution in [0, 0.1) is 0 Å². The van der Waals surface area contributed by atoms with Gasteiger partial charge in [-0.25, -0.2) is 16.8 Å². The van der Waals surface area contributed by atoms with Crippen LogP contribution in [-0.2, 0) is 18.9 Å². The molecule has 1 aromatic carbocycles. The van der Waals surface area contributed by atoms with Crippen LogP contribution in [0.15, 0.2) is 23.1 Å². The van der Waals surface area contributed by atoms with E-state index in [-0.39, 0.29) is 27.8 Å². The van der Waals surface area contributed by atoms with Crippen LogP contribution in [0.1, 0.15) is 10.4 Å². The summed E-state index contributed by atoms with van der Waals surface area (Å²) in [4.78, 5) is 13.0. The zero-order valence-electron chi connectivity index (χ0n) is 11.2. The smallest absolute Gasteiger partial charge is 0.261 e. The molecule has 0 aliphatic rings. The predicted octanol–water partition coefficient (Wildman–Crippen LogP) is 1.38. The molecule has 0 N–H and O–H groups in total. The number of carbonyl (C=O) groups is 1. The Labute approximate surface area is 133 Å². The Morgan fingerprint density at radius 1 is 1.19 bits per heavy atom. The molecule has 0 fully saturated rings. The minimum Gasteiger partial charge on any atom is -0.341 e. The summed E-state index contributed by atoms with van der Waals surface area (Å²) < 4.78 is 44.7. The van der Waals surface area contributed by atoms with Crippen LogP contribution < -0.4 is 0 Å². The number of hydrogen-bond donors (Lipinski definition) is 0. The molecule has 0 atom stereocenters. The van der Waals surface area contributed by atoms with Gasteiger partial charge in [0.25, 0.3) is 15.0 Å². The molecule has 0 aliphatic heterocycles. The van der Waals surface area contributed by atoms with Crippen molar-refractivity contribution in [3.8, 4) is 0 Å². The summed E-state index contributed by atoms with van der Waals surface area (Å²) in [5, 5.41) is 0.0385. The minimum absolute atomic E-state index is 0.0118. The van der Waals surface area contributed by atoms with Crippen LogP contribution in [0.3, 0.4) is 0 Å². The normalized spacial score (nSPS) is 12.2. The fourth-order valence-corrected chi connectivity index (χ4v) is 3.16. The van der Waals surface area contributed by atoms with Gasteiger partial charge in [-0.2, -0.15) is 0 Å². The monoisotopic (exact) mass is 373 g/mol. The number of halogens is 2. The van der Waals surface area contributed by atoms with Crippen molar-refractivity contribution in [3.05, 3.63) is 28.8 Å². The van der Waals surface area contributed by atoms with E-state index in [4.69, 9.17) is 22.3 Å². The Morgan fingerprint density at radius 2 is 1.76 bits per heavy atom. The molecule has 0 bridgehead atoms. The highest BCUT2D eigenvalue weighted by molar-refractivity contribution is 8.13. The van der Waals surface area contributed by atoms with Crippen LogP contribution in [0.25, 0.3) is 0 Å². The van der Waals surface area contributed by atoms with E-state index < -0.39 is 24.8 Å². The van der Waals surface area contributed by atoms with E-state index in [1.54, 1.807) is 0 Å². The van der Waals surface area contributed by atoms with E-state index in [0.29, 0.717) is 0 Å². The van der Waals surface area contributed by atoms with E-state index in [0.717, 1.165) is 23.3 Å². The fourth-order valence-electron chi connectivity index (χ4n) is 1.45. The SMILES string of the molecule is CN(CCS(C)(=O)=O)C(=O)c1cc(Cl)cc(S(=O)(=O)Cl)c1. The maximum atomic E-state index is 12.1. The van der Waals surface area contributed by atoms with Crippen molar-refractivity contribution >= 4 is 47.1 Å². The Morgan fingerprint density at radius 3 is 2.24 bits per heavy atom. The first kappa shape index (κ1) is 18.2. The number of nitrogens with zero attached hydrogens (tertiary/aromatic N) is 1. The molecule has 1 rings (SSSR count). The summed E-state index contributed by atoms with van der Waals surface area (Å²) in [7, 11) is -0.610. The summed E-state index contributed by atoms with van der Waals surface area (Å²) in [6.45, 7) is -0.0207. The molecule has 21 heavy (non-hydrogen) atoms. The van der Waals surface area contributed by atoms with E-state index in [1.165, 1.54) is 13.1 Å². The van der Waals surface area contributed by atoms with Crippen LogP contribution in [-0.4, -0.2) is 53.2 Å². The number of hydrogen-bond acceptors (Lipinski definition) is 5. The lowest BCUT2D eigenvalue weighted by atomic mass is 10.2. The van der Waals surface area contributed by atoms with Crippen LogP contribution >= 0.6 is 22.3 Å². The third-order valence-electron chi connectivity index (χ3n) is 2.54. The van der Waals surface area contributed by atoms with E-state index in [2.05, 4.69) is 0 Å². The molecule has 0 heterocycles. The zero-order valence-corrected chi connectivity index (χ0v) is 14.4. The van der Waals surface area contributed by atoms with Crippen molar-refractivity contribution in [1.82, 2.24) is 4.90 Å². The molecule has 6 nitrogen and oxygen atoms in total. The van der Waals surface area contributed by atoms with Crippen LogP contribution in [0.2, 0.25) is 5.02 Å². The molecule has 0 spiro atoms. The lowest BCUT2D eigenvalue weighted by Crippen LogP contribution is -2.31. The van der Waals surface area contributed by atoms with Crippen LogP contribution in [0.5, 0.6) is 0 Å². The highest BCUT2D eigenvalue weighted by Crippen LogP contribution is 2.22. The minimum atomic E-state index is -4.02. The van der Waals surface area contributed by atoms with Gasteiger partial charge in [-0.15, -0.1) is 0 Å². The summed E-state index contributed by atoms with van der Waals surface area (Å²) in [6.07, 6.45) is 1.06. The second-order valence-electron chi connectivity index (χ2n) is 4.47. The number of sulfone groups is 1. The Hall–Kier alpha value is -0.830. The van der Waals surface area contributed by atoms with Crippen molar-refractivity contribution in [2.45, 2.75) is 4.90 Å². The molecule has 10 heteroatoms. The Kier molecular flexibility index (Phi) is 5.65. The standard InChI is InChI=1S/C11H13Cl2NO5S2/c1-14(3-4-20(2,16)17)11(15)8-5-9(12)7-10(6-8)21(13,18)19/h5-7H,3-4H2,1-2H3. The highest BCUT2D eigenvalue weighted by Gasteiger charge is 2.18. The van der Waals surface area contributed by atoms with Gasteiger partial charge in [0, 0.05) is 41.1 Å². The van der Waals surface area contributed by atoms with Crippen molar-refractivity contribution < 1.29 is 21.6 Å². The maximum Gasteiger partial charge on any atom is 0.261 e. The van der Waals surface area contributed by atoms with Gasteiger partial charge >= 0.3 is 0 Å². The van der Waals surface area contributed by atoms with Gasteiger partial charge in [-0.05, 0) is 18.2 Å². The third-order valence-corrected chi connectivity index (χ3v) is 5.02. The average molecular weight is 374 g/mol. The quantitative estimate of drug-likeness (QED) is 0.727. The molecule has 0 saturated heterocycles. The zero-order chi connectivity index (χ0) is 16.4. The molecule has 0 saturated carbocycles. The van der Waals surface area contributed by atoms with Gasteiger partial charge < -0.3 is 4.90 Å².